The lowest BCUT2D eigenvalue weighted by Gasteiger charge is -2.08. The number of nitrogens with zero attached hydrogens (tertiary/aromatic N) is 1. The van der Waals surface area contributed by atoms with Crippen molar-refractivity contribution in [3.63, 3.8) is 0 Å². The SMILES string of the molecule is CC(=O)Nc1ccc(S(=O)(=O)NCc2ccc(S(=O)(=O)N(C)C)s2)cc1. The lowest BCUT2D eigenvalue weighted by Crippen LogP contribution is -2.23. The molecule has 0 aliphatic heterocycles. The van der Waals surface area contributed by atoms with Crippen LogP contribution in [-0.4, -0.2) is 41.1 Å². The number of carbonyl (C=O) groups excluding carboxylic acids is 1. The molecular formula is C15H19N3O5S3. The number of hydrogen-bond donors (Lipinski definition) is 2. The van der Waals surface area contributed by atoms with E-state index in [1.165, 1.54) is 51.4 Å². The van der Waals surface area contributed by atoms with Gasteiger partial charge < -0.3 is 5.32 Å². The maximum atomic E-state index is 12.3. The number of sulfonamides is 2. The van der Waals surface area contributed by atoms with Gasteiger partial charge in [-0.05, 0) is 36.4 Å². The van der Waals surface area contributed by atoms with Crippen molar-refractivity contribution in [1.82, 2.24) is 9.03 Å². The average molecular weight is 418 g/mol. The van der Waals surface area contributed by atoms with Crippen molar-refractivity contribution in [2.45, 2.75) is 22.6 Å². The molecule has 26 heavy (non-hydrogen) atoms. The number of anilines is 1. The first-order chi connectivity index (χ1) is 12.0. The molecule has 0 aliphatic rings. The fourth-order valence-corrected chi connectivity index (χ4v) is 5.50. The molecule has 1 heterocycles. The van der Waals surface area contributed by atoms with Crippen LogP contribution in [0, 0.1) is 0 Å². The van der Waals surface area contributed by atoms with Crippen LogP contribution in [0.5, 0.6) is 0 Å². The monoisotopic (exact) mass is 417 g/mol. The van der Waals surface area contributed by atoms with Crippen molar-refractivity contribution >= 4 is 43.0 Å². The molecule has 2 N–H and O–H groups in total. The number of carbonyl (C=O) groups is 1. The predicted octanol–water partition coefficient (Wildman–Crippen LogP) is 1.44. The van der Waals surface area contributed by atoms with E-state index >= 15 is 0 Å². The first kappa shape index (κ1) is 20.5. The summed E-state index contributed by atoms with van der Waals surface area (Å²) in [6.45, 7) is 1.33. The molecule has 0 saturated heterocycles. The molecule has 142 valence electrons. The summed E-state index contributed by atoms with van der Waals surface area (Å²) < 4.78 is 52.4. The van der Waals surface area contributed by atoms with Crippen LogP contribution in [0.25, 0.3) is 0 Å². The highest BCUT2D eigenvalue weighted by Gasteiger charge is 2.20. The van der Waals surface area contributed by atoms with Crippen molar-refractivity contribution in [2.75, 3.05) is 19.4 Å². The van der Waals surface area contributed by atoms with E-state index in [1.54, 1.807) is 6.07 Å². The van der Waals surface area contributed by atoms with Gasteiger partial charge in [0.1, 0.15) is 4.21 Å². The topological polar surface area (TPSA) is 113 Å². The van der Waals surface area contributed by atoms with Crippen LogP contribution in [-0.2, 0) is 31.4 Å². The van der Waals surface area contributed by atoms with Gasteiger partial charge >= 0.3 is 0 Å². The number of hydrogen-bond acceptors (Lipinski definition) is 6. The molecular weight excluding hydrogens is 398 g/mol. The molecule has 1 aromatic heterocycles. The van der Waals surface area contributed by atoms with E-state index in [1.807, 2.05) is 0 Å². The van der Waals surface area contributed by atoms with Gasteiger partial charge in [-0.2, -0.15) is 0 Å². The van der Waals surface area contributed by atoms with Gasteiger partial charge in [-0.1, -0.05) is 0 Å². The summed E-state index contributed by atoms with van der Waals surface area (Å²) in [6, 6.07) is 8.76. The van der Waals surface area contributed by atoms with Crippen LogP contribution in [0.15, 0.2) is 45.5 Å². The molecule has 0 atom stereocenters. The van der Waals surface area contributed by atoms with Gasteiger partial charge in [0.15, 0.2) is 0 Å². The van der Waals surface area contributed by atoms with Gasteiger partial charge in [0.25, 0.3) is 10.0 Å². The molecule has 1 amide bonds. The second-order valence-electron chi connectivity index (χ2n) is 5.54. The third-order valence-corrected chi connectivity index (χ3v) is 8.08. The van der Waals surface area contributed by atoms with Crippen LogP contribution in [0.4, 0.5) is 5.69 Å². The minimum atomic E-state index is -3.76. The van der Waals surface area contributed by atoms with E-state index in [0.29, 0.717) is 10.6 Å². The molecule has 1 aromatic carbocycles. The Kier molecular flexibility index (Phi) is 6.19. The van der Waals surface area contributed by atoms with Crippen molar-refractivity contribution in [3.05, 3.63) is 41.3 Å². The summed E-state index contributed by atoms with van der Waals surface area (Å²) in [6.07, 6.45) is 0. The zero-order valence-electron chi connectivity index (χ0n) is 14.4. The first-order valence-corrected chi connectivity index (χ1v) is 11.1. The normalized spacial score (nSPS) is 12.3. The van der Waals surface area contributed by atoms with Gasteiger partial charge in [0, 0.05) is 38.1 Å². The molecule has 11 heteroatoms. The summed E-state index contributed by atoms with van der Waals surface area (Å²) in [5.41, 5.74) is 0.494. The fourth-order valence-electron chi connectivity index (χ4n) is 1.94. The minimum absolute atomic E-state index is 0.0244. The Balaban J connectivity index is 2.09. The molecule has 0 aliphatic carbocycles. The van der Waals surface area contributed by atoms with E-state index in [-0.39, 0.29) is 21.6 Å². The molecule has 0 bridgehead atoms. The molecule has 2 aromatic rings. The van der Waals surface area contributed by atoms with Crippen LogP contribution >= 0.6 is 11.3 Å². The first-order valence-electron chi connectivity index (χ1n) is 7.41. The maximum absolute atomic E-state index is 12.3. The van der Waals surface area contributed by atoms with Crippen molar-refractivity contribution in [1.29, 1.82) is 0 Å². The summed E-state index contributed by atoms with van der Waals surface area (Å²) >= 11 is 1.01. The van der Waals surface area contributed by atoms with E-state index in [4.69, 9.17) is 0 Å². The van der Waals surface area contributed by atoms with E-state index < -0.39 is 20.0 Å². The Morgan fingerprint density at radius 1 is 1.04 bits per heavy atom. The second-order valence-corrected chi connectivity index (χ2v) is 10.9. The summed E-state index contributed by atoms with van der Waals surface area (Å²) in [5.74, 6) is -0.250. The van der Waals surface area contributed by atoms with Gasteiger partial charge in [-0.15, -0.1) is 11.3 Å². The lowest BCUT2D eigenvalue weighted by atomic mass is 10.3. The van der Waals surface area contributed by atoms with Gasteiger partial charge in [-0.3, -0.25) is 4.79 Å². The van der Waals surface area contributed by atoms with Crippen molar-refractivity contribution in [2.24, 2.45) is 0 Å². The van der Waals surface area contributed by atoms with Crippen LogP contribution in [0.1, 0.15) is 11.8 Å². The molecule has 0 fully saturated rings. The van der Waals surface area contributed by atoms with Gasteiger partial charge in [0.2, 0.25) is 15.9 Å². The largest absolute Gasteiger partial charge is 0.326 e. The van der Waals surface area contributed by atoms with E-state index in [9.17, 15) is 21.6 Å². The highest BCUT2D eigenvalue weighted by Crippen LogP contribution is 2.24. The zero-order valence-corrected chi connectivity index (χ0v) is 16.8. The Bertz CT molecular complexity index is 993. The summed E-state index contributed by atoms with van der Waals surface area (Å²) in [5, 5.41) is 2.55. The quantitative estimate of drug-likeness (QED) is 0.708. The number of nitrogens with one attached hydrogen (secondary N) is 2. The molecule has 0 unspecified atom stereocenters. The Labute approximate surface area is 156 Å². The van der Waals surface area contributed by atoms with Gasteiger partial charge in [-0.25, -0.2) is 25.9 Å². The van der Waals surface area contributed by atoms with Crippen LogP contribution < -0.4 is 10.0 Å². The molecule has 0 saturated carbocycles. The van der Waals surface area contributed by atoms with E-state index in [0.717, 1.165) is 15.6 Å². The highest BCUT2D eigenvalue weighted by molar-refractivity contribution is 7.91. The Hall–Kier alpha value is -1.79. The third-order valence-electron chi connectivity index (χ3n) is 3.29. The number of thiophene rings is 1. The number of benzene rings is 1. The maximum Gasteiger partial charge on any atom is 0.252 e. The standard InChI is InChI=1S/C15H19N3O5S3/c1-11(19)17-12-4-7-14(8-5-12)25(20,21)16-10-13-6-9-15(24-13)26(22,23)18(2)3/h4-9,16H,10H2,1-3H3,(H,17,19). The Morgan fingerprint density at radius 2 is 1.65 bits per heavy atom. The van der Waals surface area contributed by atoms with Gasteiger partial charge in [0.05, 0.1) is 4.90 Å². The zero-order chi connectivity index (χ0) is 19.5. The lowest BCUT2D eigenvalue weighted by molar-refractivity contribution is -0.114. The average Bonchev–Trinajstić information content (AvgIpc) is 3.02. The number of amides is 1. The van der Waals surface area contributed by atoms with Crippen molar-refractivity contribution in [3.8, 4) is 0 Å². The molecule has 0 radical (unpaired) electrons. The minimum Gasteiger partial charge on any atom is -0.326 e. The summed E-state index contributed by atoms with van der Waals surface area (Å²) in [4.78, 5) is 11.6. The number of rotatable bonds is 7. The van der Waals surface area contributed by atoms with Crippen LogP contribution in [0.3, 0.4) is 0 Å². The van der Waals surface area contributed by atoms with Crippen molar-refractivity contribution < 1.29 is 21.6 Å². The molecule has 8 nitrogen and oxygen atoms in total. The molecule has 0 spiro atoms. The smallest absolute Gasteiger partial charge is 0.252 e. The second kappa shape index (κ2) is 7.84. The Morgan fingerprint density at radius 3 is 2.19 bits per heavy atom. The molecule has 2 rings (SSSR count). The predicted molar refractivity (Wildman–Crippen MR) is 100.0 cm³/mol. The third kappa shape index (κ3) is 4.89. The highest BCUT2D eigenvalue weighted by atomic mass is 32.2. The summed E-state index contributed by atoms with van der Waals surface area (Å²) in [7, 11) is -4.43. The van der Waals surface area contributed by atoms with Crippen LogP contribution in [0.2, 0.25) is 0 Å². The fraction of sp³-hybridized carbons (Fsp3) is 0.267. The van der Waals surface area contributed by atoms with E-state index in [2.05, 4.69) is 10.0 Å².